The van der Waals surface area contributed by atoms with E-state index < -0.39 is 4.92 Å². The zero-order chi connectivity index (χ0) is 13.8. The summed E-state index contributed by atoms with van der Waals surface area (Å²) in [6.45, 7) is 0.464. The number of rotatable bonds is 4. The first-order valence-corrected chi connectivity index (χ1v) is 6.56. The van der Waals surface area contributed by atoms with Crippen molar-refractivity contribution in [2.24, 2.45) is 0 Å². The molecule has 1 N–H and O–H groups in total. The van der Waals surface area contributed by atoms with E-state index in [1.807, 2.05) is 28.7 Å². The predicted molar refractivity (Wildman–Crippen MR) is 79.5 cm³/mol. The van der Waals surface area contributed by atoms with Crippen molar-refractivity contribution in [3.8, 4) is 0 Å². The zero-order valence-corrected chi connectivity index (χ0v) is 11.9. The van der Waals surface area contributed by atoms with Crippen molar-refractivity contribution in [3.63, 3.8) is 0 Å². The van der Waals surface area contributed by atoms with Gasteiger partial charge in [-0.15, -0.1) is 0 Å². The molecule has 0 radical (unpaired) electrons. The van der Waals surface area contributed by atoms with Crippen LogP contribution in [-0.4, -0.2) is 4.92 Å². The summed E-state index contributed by atoms with van der Waals surface area (Å²) in [6.07, 6.45) is 0. The Hall–Kier alpha value is -1.70. The van der Waals surface area contributed by atoms with Crippen molar-refractivity contribution in [2.75, 3.05) is 5.32 Å². The summed E-state index contributed by atoms with van der Waals surface area (Å²) in [5.74, 6) is -0.280. The normalized spacial score (nSPS) is 10.2. The maximum atomic E-state index is 13.0. The Morgan fingerprint density at radius 3 is 2.68 bits per heavy atom. The van der Waals surface area contributed by atoms with Gasteiger partial charge in [0.25, 0.3) is 5.69 Å². The second-order valence-corrected chi connectivity index (χ2v) is 5.07. The first-order valence-electron chi connectivity index (χ1n) is 5.48. The van der Waals surface area contributed by atoms with Gasteiger partial charge in [-0.1, -0.05) is 12.1 Å². The van der Waals surface area contributed by atoms with Crippen LogP contribution in [0.1, 0.15) is 5.56 Å². The number of hydrogen-bond donors (Lipinski definition) is 1. The molecule has 2 rings (SSSR count). The highest BCUT2D eigenvalue weighted by Crippen LogP contribution is 2.24. The SMILES string of the molecule is O=[N+]([O-])c1ccc(NCc2cccc(F)c2)c(I)c1. The number of nitrogens with zero attached hydrogens (tertiary/aromatic N) is 1. The van der Waals surface area contributed by atoms with Gasteiger partial charge in [0.15, 0.2) is 0 Å². The maximum Gasteiger partial charge on any atom is 0.270 e. The summed E-state index contributed by atoms with van der Waals surface area (Å²) in [7, 11) is 0. The fourth-order valence-electron chi connectivity index (χ4n) is 1.61. The first-order chi connectivity index (χ1) is 9.06. The number of halogens is 2. The van der Waals surface area contributed by atoms with Crippen LogP contribution in [0, 0.1) is 19.5 Å². The minimum absolute atomic E-state index is 0.0562. The monoisotopic (exact) mass is 372 g/mol. The van der Waals surface area contributed by atoms with E-state index in [4.69, 9.17) is 0 Å². The lowest BCUT2D eigenvalue weighted by Gasteiger charge is -2.08. The third kappa shape index (κ3) is 3.63. The molecule has 6 heteroatoms. The quantitative estimate of drug-likeness (QED) is 0.502. The number of anilines is 1. The highest BCUT2D eigenvalue weighted by atomic mass is 127. The van der Waals surface area contributed by atoms with E-state index in [1.54, 1.807) is 12.1 Å². The second-order valence-electron chi connectivity index (χ2n) is 3.90. The fourth-order valence-corrected chi connectivity index (χ4v) is 2.29. The van der Waals surface area contributed by atoms with Crippen molar-refractivity contribution in [1.82, 2.24) is 0 Å². The minimum Gasteiger partial charge on any atom is -0.380 e. The van der Waals surface area contributed by atoms with Crippen molar-refractivity contribution < 1.29 is 9.31 Å². The molecule has 98 valence electrons. The van der Waals surface area contributed by atoms with E-state index in [9.17, 15) is 14.5 Å². The Labute approximate surface area is 122 Å². The van der Waals surface area contributed by atoms with E-state index in [0.29, 0.717) is 6.54 Å². The van der Waals surface area contributed by atoms with Crippen LogP contribution in [0.4, 0.5) is 15.8 Å². The van der Waals surface area contributed by atoms with Crippen molar-refractivity contribution in [1.29, 1.82) is 0 Å². The van der Waals surface area contributed by atoms with Crippen LogP contribution in [0.15, 0.2) is 42.5 Å². The number of nitrogens with one attached hydrogen (secondary N) is 1. The largest absolute Gasteiger partial charge is 0.380 e. The lowest BCUT2D eigenvalue weighted by Crippen LogP contribution is -2.01. The van der Waals surface area contributed by atoms with Gasteiger partial charge in [0.2, 0.25) is 0 Å². The Kier molecular flexibility index (Phi) is 4.31. The van der Waals surface area contributed by atoms with Crippen LogP contribution < -0.4 is 5.32 Å². The third-order valence-corrected chi connectivity index (χ3v) is 3.43. The van der Waals surface area contributed by atoms with Gasteiger partial charge in [0, 0.05) is 27.9 Å². The van der Waals surface area contributed by atoms with E-state index in [-0.39, 0.29) is 11.5 Å². The first kappa shape index (κ1) is 13.7. The molecule has 0 unspecified atom stereocenters. The standard InChI is InChI=1S/C13H10FIN2O2/c14-10-3-1-2-9(6-10)8-16-13-5-4-11(17(18)19)7-12(13)15/h1-7,16H,8H2. The molecule has 0 amide bonds. The molecule has 19 heavy (non-hydrogen) atoms. The molecule has 0 spiro atoms. The lowest BCUT2D eigenvalue weighted by molar-refractivity contribution is -0.384. The van der Waals surface area contributed by atoms with E-state index >= 15 is 0 Å². The Morgan fingerprint density at radius 2 is 2.05 bits per heavy atom. The van der Waals surface area contributed by atoms with Crippen molar-refractivity contribution in [2.45, 2.75) is 6.54 Å². The molecule has 0 heterocycles. The average Bonchev–Trinajstić information content (AvgIpc) is 2.37. The van der Waals surface area contributed by atoms with Crippen LogP contribution in [0.3, 0.4) is 0 Å². The third-order valence-electron chi connectivity index (χ3n) is 2.54. The summed E-state index contributed by atoms with van der Waals surface area (Å²) in [5, 5.41) is 13.7. The number of nitro benzene ring substituents is 1. The summed E-state index contributed by atoms with van der Waals surface area (Å²) in [5.41, 5.74) is 1.66. The molecule has 0 fully saturated rings. The number of non-ortho nitro benzene ring substituents is 1. The Bertz CT molecular complexity index is 619. The van der Waals surface area contributed by atoms with Crippen molar-refractivity contribution >= 4 is 34.0 Å². The summed E-state index contributed by atoms with van der Waals surface area (Å²) in [4.78, 5) is 10.2. The smallest absolute Gasteiger partial charge is 0.270 e. The Balaban J connectivity index is 2.10. The summed E-state index contributed by atoms with van der Waals surface area (Å²) < 4.78 is 13.8. The average molecular weight is 372 g/mol. The topological polar surface area (TPSA) is 55.2 Å². The molecule has 0 atom stereocenters. The number of hydrogen-bond acceptors (Lipinski definition) is 3. The van der Waals surface area contributed by atoms with E-state index in [0.717, 1.165) is 14.8 Å². The zero-order valence-electron chi connectivity index (χ0n) is 9.77. The number of benzene rings is 2. The fraction of sp³-hybridized carbons (Fsp3) is 0.0769. The highest BCUT2D eigenvalue weighted by Gasteiger charge is 2.08. The van der Waals surface area contributed by atoms with Crippen LogP contribution in [0.2, 0.25) is 0 Å². The van der Waals surface area contributed by atoms with Gasteiger partial charge in [0.05, 0.1) is 4.92 Å². The lowest BCUT2D eigenvalue weighted by atomic mass is 10.2. The van der Waals surface area contributed by atoms with E-state index in [2.05, 4.69) is 5.32 Å². The molecule has 4 nitrogen and oxygen atoms in total. The summed E-state index contributed by atoms with van der Waals surface area (Å²) in [6, 6.07) is 10.9. The second kappa shape index (κ2) is 5.96. The molecule has 0 aliphatic carbocycles. The van der Waals surface area contributed by atoms with Crippen molar-refractivity contribution in [3.05, 3.63) is 67.5 Å². The molecule has 2 aromatic rings. The maximum absolute atomic E-state index is 13.0. The molecule has 0 aliphatic rings. The predicted octanol–water partition coefficient (Wildman–Crippen LogP) is 3.95. The molecule has 0 aliphatic heterocycles. The van der Waals surface area contributed by atoms with Crippen LogP contribution in [0.25, 0.3) is 0 Å². The van der Waals surface area contributed by atoms with E-state index in [1.165, 1.54) is 24.3 Å². The molecule has 0 aromatic heterocycles. The van der Waals surface area contributed by atoms with Gasteiger partial charge >= 0.3 is 0 Å². The van der Waals surface area contributed by atoms with Gasteiger partial charge in [0.1, 0.15) is 5.82 Å². The van der Waals surface area contributed by atoms with Crippen LogP contribution >= 0.6 is 22.6 Å². The van der Waals surface area contributed by atoms with Gasteiger partial charge in [-0.25, -0.2) is 4.39 Å². The van der Waals surface area contributed by atoms with Gasteiger partial charge in [-0.3, -0.25) is 10.1 Å². The van der Waals surface area contributed by atoms with Crippen LogP contribution in [-0.2, 0) is 6.54 Å². The molecule has 0 saturated heterocycles. The minimum atomic E-state index is -0.432. The molecular weight excluding hydrogens is 362 g/mol. The molecule has 2 aromatic carbocycles. The number of nitro groups is 1. The van der Waals surface area contributed by atoms with Gasteiger partial charge in [-0.05, 0) is 46.4 Å². The molecular formula is C13H10FIN2O2. The van der Waals surface area contributed by atoms with Gasteiger partial charge < -0.3 is 5.32 Å². The van der Waals surface area contributed by atoms with Crippen LogP contribution in [0.5, 0.6) is 0 Å². The molecule has 0 bridgehead atoms. The highest BCUT2D eigenvalue weighted by molar-refractivity contribution is 14.1. The molecule has 0 saturated carbocycles. The summed E-state index contributed by atoms with van der Waals surface area (Å²) >= 11 is 2.03. The Morgan fingerprint density at radius 1 is 1.26 bits per heavy atom. The van der Waals surface area contributed by atoms with Gasteiger partial charge in [-0.2, -0.15) is 0 Å².